The fourth-order valence-corrected chi connectivity index (χ4v) is 0.963. The molecule has 0 aromatic carbocycles. The lowest BCUT2D eigenvalue weighted by atomic mass is 10.1. The minimum atomic E-state index is -0.342. The molecule has 0 aliphatic carbocycles. The highest BCUT2D eigenvalue weighted by Gasteiger charge is 2.26. The molecule has 1 aliphatic heterocycles. The third-order valence-electron chi connectivity index (χ3n) is 1.91. The van der Waals surface area contributed by atoms with Crippen molar-refractivity contribution in [1.29, 1.82) is 0 Å². The molecule has 0 atom stereocenters. The summed E-state index contributed by atoms with van der Waals surface area (Å²) in [6.45, 7) is 11.8. The predicted octanol–water partition coefficient (Wildman–Crippen LogP) is 2.82. The molecule has 1 fully saturated rings. The quantitative estimate of drug-likeness (QED) is 0.608. The highest BCUT2D eigenvalue weighted by Crippen LogP contribution is 2.21. The molecule has 0 bridgehead atoms. The monoisotopic (exact) mass is 174 g/mol. The summed E-state index contributed by atoms with van der Waals surface area (Å²) in [5.41, 5.74) is 0. The lowest BCUT2D eigenvalue weighted by Crippen LogP contribution is -2.38. The van der Waals surface area contributed by atoms with Crippen molar-refractivity contribution >= 4 is 0 Å². The summed E-state index contributed by atoms with van der Waals surface area (Å²) in [4.78, 5) is 0. The zero-order chi connectivity index (χ0) is 9.61. The zero-order valence-corrected chi connectivity index (χ0v) is 9.02. The van der Waals surface area contributed by atoms with Crippen LogP contribution in [0.25, 0.3) is 0 Å². The minimum absolute atomic E-state index is 0.342. The van der Waals surface area contributed by atoms with Gasteiger partial charge in [-0.25, -0.2) is 0 Å². The number of hydrogen-bond acceptors (Lipinski definition) is 2. The Morgan fingerprint density at radius 1 is 1.17 bits per heavy atom. The van der Waals surface area contributed by atoms with Gasteiger partial charge in [0.25, 0.3) is 0 Å². The van der Waals surface area contributed by atoms with E-state index in [1.165, 1.54) is 0 Å². The Bertz CT molecular complexity index is 100. The number of rotatable bonds is 1. The van der Waals surface area contributed by atoms with E-state index in [1.807, 2.05) is 27.7 Å². The van der Waals surface area contributed by atoms with E-state index in [1.54, 1.807) is 0 Å². The van der Waals surface area contributed by atoms with Crippen molar-refractivity contribution in [2.45, 2.75) is 46.8 Å². The first kappa shape index (κ1) is 11.9. The molecule has 1 aliphatic rings. The van der Waals surface area contributed by atoms with Crippen LogP contribution in [-0.4, -0.2) is 19.0 Å². The molecular formula is C10H22O2. The van der Waals surface area contributed by atoms with Crippen molar-refractivity contribution in [3.63, 3.8) is 0 Å². The van der Waals surface area contributed by atoms with Crippen LogP contribution < -0.4 is 0 Å². The molecule has 0 spiro atoms. The maximum Gasteiger partial charge on any atom is 0.162 e. The molecular weight excluding hydrogens is 152 g/mol. The highest BCUT2D eigenvalue weighted by molar-refractivity contribution is 4.65. The zero-order valence-electron chi connectivity index (χ0n) is 9.02. The van der Waals surface area contributed by atoms with Gasteiger partial charge >= 0.3 is 0 Å². The predicted molar refractivity (Wildman–Crippen MR) is 51.1 cm³/mol. The average Bonchev–Trinajstić information content (AvgIpc) is 2.08. The van der Waals surface area contributed by atoms with Gasteiger partial charge in [-0.05, 0) is 20.3 Å². The third-order valence-corrected chi connectivity index (χ3v) is 1.91. The van der Waals surface area contributed by atoms with E-state index in [-0.39, 0.29) is 5.79 Å². The lowest BCUT2D eigenvalue weighted by Gasteiger charge is -2.34. The van der Waals surface area contributed by atoms with Gasteiger partial charge in [-0.15, -0.1) is 0 Å². The molecule has 0 unspecified atom stereocenters. The number of hydrogen-bond donors (Lipinski definition) is 0. The van der Waals surface area contributed by atoms with Crippen LogP contribution >= 0.6 is 0 Å². The minimum Gasteiger partial charge on any atom is -0.350 e. The van der Waals surface area contributed by atoms with Gasteiger partial charge in [0.15, 0.2) is 5.79 Å². The molecule has 1 heterocycles. The van der Waals surface area contributed by atoms with Crippen LogP contribution in [0.15, 0.2) is 0 Å². The highest BCUT2D eigenvalue weighted by atomic mass is 16.7. The van der Waals surface area contributed by atoms with Crippen molar-refractivity contribution in [3.8, 4) is 0 Å². The molecule has 1 rings (SSSR count). The van der Waals surface area contributed by atoms with Crippen molar-refractivity contribution in [3.05, 3.63) is 0 Å². The SMILES string of the molecule is CC.CCC1COC(C)(C)OC1. The van der Waals surface area contributed by atoms with Crippen LogP contribution in [0, 0.1) is 5.92 Å². The van der Waals surface area contributed by atoms with Crippen LogP contribution in [-0.2, 0) is 9.47 Å². The Hall–Kier alpha value is -0.0800. The second-order valence-electron chi connectivity index (χ2n) is 3.30. The first-order valence-corrected chi connectivity index (χ1v) is 4.92. The van der Waals surface area contributed by atoms with Crippen molar-refractivity contribution in [2.24, 2.45) is 5.92 Å². The summed E-state index contributed by atoms with van der Waals surface area (Å²) in [7, 11) is 0. The molecule has 12 heavy (non-hydrogen) atoms. The van der Waals surface area contributed by atoms with Gasteiger partial charge in [0.05, 0.1) is 13.2 Å². The summed E-state index contributed by atoms with van der Waals surface area (Å²) in [5, 5.41) is 0. The van der Waals surface area contributed by atoms with E-state index < -0.39 is 0 Å². The van der Waals surface area contributed by atoms with Crippen LogP contribution in [0.1, 0.15) is 41.0 Å². The van der Waals surface area contributed by atoms with Gasteiger partial charge in [-0.3, -0.25) is 0 Å². The summed E-state index contributed by atoms with van der Waals surface area (Å²) >= 11 is 0. The number of ether oxygens (including phenoxy) is 2. The maximum absolute atomic E-state index is 5.45. The largest absolute Gasteiger partial charge is 0.350 e. The second-order valence-corrected chi connectivity index (χ2v) is 3.30. The third kappa shape index (κ3) is 4.07. The van der Waals surface area contributed by atoms with Crippen molar-refractivity contribution < 1.29 is 9.47 Å². The summed E-state index contributed by atoms with van der Waals surface area (Å²) in [5.74, 6) is 0.263. The van der Waals surface area contributed by atoms with E-state index in [0.29, 0.717) is 5.92 Å². The Morgan fingerprint density at radius 3 is 1.92 bits per heavy atom. The first-order chi connectivity index (χ1) is 5.64. The van der Waals surface area contributed by atoms with Gasteiger partial charge in [0.2, 0.25) is 0 Å². The van der Waals surface area contributed by atoms with E-state index in [2.05, 4.69) is 6.92 Å². The van der Waals surface area contributed by atoms with Gasteiger partial charge in [0.1, 0.15) is 0 Å². The van der Waals surface area contributed by atoms with Crippen molar-refractivity contribution in [1.82, 2.24) is 0 Å². The van der Waals surface area contributed by atoms with E-state index in [0.717, 1.165) is 19.6 Å². The molecule has 0 aromatic rings. The normalized spacial score (nSPS) is 22.8. The van der Waals surface area contributed by atoms with Crippen molar-refractivity contribution in [2.75, 3.05) is 13.2 Å². The Morgan fingerprint density at radius 2 is 1.58 bits per heavy atom. The summed E-state index contributed by atoms with van der Waals surface area (Å²) in [6, 6.07) is 0. The molecule has 2 heteroatoms. The standard InChI is InChI=1S/C8H16O2.C2H6/c1-4-7-5-9-8(2,3)10-6-7;1-2/h7H,4-6H2,1-3H3;1-2H3. The Labute approximate surface area is 76.3 Å². The van der Waals surface area contributed by atoms with Gasteiger partial charge in [-0.1, -0.05) is 20.8 Å². The lowest BCUT2D eigenvalue weighted by molar-refractivity contribution is -0.262. The van der Waals surface area contributed by atoms with Gasteiger partial charge in [0, 0.05) is 5.92 Å². The molecule has 1 saturated heterocycles. The molecule has 0 radical (unpaired) electrons. The van der Waals surface area contributed by atoms with E-state index in [4.69, 9.17) is 9.47 Å². The Kier molecular flexibility index (Phi) is 5.51. The van der Waals surface area contributed by atoms with Gasteiger partial charge < -0.3 is 9.47 Å². The molecule has 2 nitrogen and oxygen atoms in total. The average molecular weight is 174 g/mol. The summed E-state index contributed by atoms with van der Waals surface area (Å²) in [6.07, 6.45) is 1.15. The second kappa shape index (κ2) is 5.55. The Balaban J connectivity index is 0.000000561. The van der Waals surface area contributed by atoms with E-state index >= 15 is 0 Å². The van der Waals surface area contributed by atoms with Crippen LogP contribution in [0.4, 0.5) is 0 Å². The fraction of sp³-hybridized carbons (Fsp3) is 1.00. The molecule has 0 saturated carbocycles. The van der Waals surface area contributed by atoms with Crippen LogP contribution in [0.2, 0.25) is 0 Å². The topological polar surface area (TPSA) is 18.5 Å². The smallest absolute Gasteiger partial charge is 0.162 e. The molecule has 74 valence electrons. The van der Waals surface area contributed by atoms with E-state index in [9.17, 15) is 0 Å². The molecule has 0 N–H and O–H groups in total. The molecule has 0 amide bonds. The van der Waals surface area contributed by atoms with Gasteiger partial charge in [-0.2, -0.15) is 0 Å². The van der Waals surface area contributed by atoms with Crippen LogP contribution in [0.3, 0.4) is 0 Å². The van der Waals surface area contributed by atoms with Crippen LogP contribution in [0.5, 0.6) is 0 Å². The molecule has 0 aromatic heterocycles. The summed E-state index contributed by atoms with van der Waals surface area (Å²) < 4.78 is 10.9. The maximum atomic E-state index is 5.45. The fourth-order valence-electron chi connectivity index (χ4n) is 0.963. The first-order valence-electron chi connectivity index (χ1n) is 4.92.